The summed E-state index contributed by atoms with van der Waals surface area (Å²) in [4.78, 5) is 22.1. The normalized spacial score (nSPS) is 10.6. The third kappa shape index (κ3) is 5.38. The van der Waals surface area contributed by atoms with Gasteiger partial charge in [0.05, 0.1) is 0 Å². The Kier molecular flexibility index (Phi) is 5.79. The second kappa shape index (κ2) is 7.36. The maximum absolute atomic E-state index is 11.7. The number of carboxylic acid groups (broad SMARTS) is 1. The lowest BCUT2D eigenvalue weighted by Gasteiger charge is -2.09. The number of carboxylic acids is 1. The Labute approximate surface area is 113 Å². The van der Waals surface area contributed by atoms with Crippen LogP contribution in [0.3, 0.4) is 0 Å². The van der Waals surface area contributed by atoms with Crippen LogP contribution in [0.15, 0.2) is 24.3 Å². The maximum Gasteiger partial charge on any atom is 0.328 e. The Hall–Kier alpha value is -2.10. The first-order chi connectivity index (χ1) is 9.02. The number of hydrogen-bond donors (Lipinski definition) is 2. The highest BCUT2D eigenvalue weighted by Gasteiger charge is 2.04. The first kappa shape index (κ1) is 15.0. The highest BCUT2D eigenvalue weighted by atomic mass is 16.4. The summed E-state index contributed by atoms with van der Waals surface area (Å²) in [6.07, 6.45) is 4.93. The van der Waals surface area contributed by atoms with Gasteiger partial charge in [-0.2, -0.15) is 0 Å². The van der Waals surface area contributed by atoms with Gasteiger partial charge in [-0.25, -0.2) is 4.79 Å². The number of aryl methyl sites for hydroxylation is 1. The number of benzene rings is 1. The van der Waals surface area contributed by atoms with Gasteiger partial charge in [0.1, 0.15) is 0 Å². The van der Waals surface area contributed by atoms with Crippen LogP contribution in [0.1, 0.15) is 37.3 Å². The largest absolute Gasteiger partial charge is 0.478 e. The zero-order chi connectivity index (χ0) is 14.3. The van der Waals surface area contributed by atoms with Gasteiger partial charge in [0, 0.05) is 18.2 Å². The van der Waals surface area contributed by atoms with Crippen molar-refractivity contribution in [2.24, 2.45) is 0 Å². The minimum Gasteiger partial charge on any atom is -0.478 e. The van der Waals surface area contributed by atoms with Crippen LogP contribution in [0.25, 0.3) is 6.08 Å². The predicted octanol–water partition coefficient (Wildman–Crippen LogP) is 3.22. The standard InChI is InChI=1S/C15H19NO3/c1-3-4-5-14(17)16-13-10-12(7-6-11(13)2)8-9-15(18)19/h6-10H,3-5H2,1-2H3,(H,16,17)(H,18,19)/b9-8+. The number of rotatable bonds is 6. The number of anilines is 1. The van der Waals surface area contributed by atoms with E-state index in [0.717, 1.165) is 35.7 Å². The van der Waals surface area contributed by atoms with Gasteiger partial charge in [0.15, 0.2) is 0 Å². The lowest BCUT2D eigenvalue weighted by Crippen LogP contribution is -2.12. The van der Waals surface area contributed by atoms with Gasteiger partial charge in [-0.3, -0.25) is 4.79 Å². The Morgan fingerprint density at radius 2 is 2.11 bits per heavy atom. The van der Waals surface area contributed by atoms with Gasteiger partial charge in [0.25, 0.3) is 0 Å². The summed E-state index contributed by atoms with van der Waals surface area (Å²) < 4.78 is 0. The van der Waals surface area contributed by atoms with Crippen LogP contribution in [0, 0.1) is 6.92 Å². The van der Waals surface area contributed by atoms with Gasteiger partial charge in [-0.05, 0) is 36.6 Å². The van der Waals surface area contributed by atoms with Crippen LogP contribution in [-0.4, -0.2) is 17.0 Å². The molecule has 0 aliphatic heterocycles. The van der Waals surface area contributed by atoms with Gasteiger partial charge >= 0.3 is 5.97 Å². The summed E-state index contributed by atoms with van der Waals surface area (Å²) in [5.74, 6) is -1.00. The van der Waals surface area contributed by atoms with E-state index in [2.05, 4.69) is 5.32 Å². The van der Waals surface area contributed by atoms with Crippen molar-refractivity contribution in [2.45, 2.75) is 33.1 Å². The molecule has 0 saturated carbocycles. The van der Waals surface area contributed by atoms with E-state index in [4.69, 9.17) is 5.11 Å². The van der Waals surface area contributed by atoms with Gasteiger partial charge in [0.2, 0.25) is 5.91 Å². The first-order valence-electron chi connectivity index (χ1n) is 6.34. The SMILES string of the molecule is CCCCC(=O)Nc1cc(/C=C/C(=O)O)ccc1C. The molecular formula is C15H19NO3. The van der Waals surface area contributed by atoms with Crippen LogP contribution in [-0.2, 0) is 9.59 Å². The zero-order valence-electron chi connectivity index (χ0n) is 11.3. The number of carbonyl (C=O) groups excluding carboxylic acids is 1. The van der Waals surface area contributed by atoms with Crippen molar-refractivity contribution in [1.82, 2.24) is 0 Å². The molecule has 4 nitrogen and oxygen atoms in total. The van der Waals surface area contributed by atoms with Crippen molar-refractivity contribution in [2.75, 3.05) is 5.32 Å². The monoisotopic (exact) mass is 261 g/mol. The van der Waals surface area contributed by atoms with E-state index in [1.54, 1.807) is 6.07 Å². The number of carbonyl (C=O) groups is 2. The molecule has 0 bridgehead atoms. The number of aliphatic carboxylic acids is 1. The van der Waals surface area contributed by atoms with Crippen LogP contribution >= 0.6 is 0 Å². The lowest BCUT2D eigenvalue weighted by molar-refractivity contribution is -0.131. The lowest BCUT2D eigenvalue weighted by atomic mass is 10.1. The molecule has 1 amide bonds. The Bertz CT molecular complexity index is 492. The molecule has 0 unspecified atom stereocenters. The van der Waals surface area contributed by atoms with Crippen molar-refractivity contribution in [3.05, 3.63) is 35.4 Å². The van der Waals surface area contributed by atoms with Crippen molar-refractivity contribution < 1.29 is 14.7 Å². The minimum atomic E-state index is -0.992. The van der Waals surface area contributed by atoms with E-state index < -0.39 is 5.97 Å². The predicted molar refractivity (Wildman–Crippen MR) is 76.0 cm³/mol. The van der Waals surface area contributed by atoms with Crippen molar-refractivity contribution >= 4 is 23.6 Å². The van der Waals surface area contributed by atoms with Crippen LogP contribution in [0.5, 0.6) is 0 Å². The average molecular weight is 261 g/mol. The summed E-state index contributed by atoms with van der Waals surface area (Å²) in [6, 6.07) is 5.45. The van der Waals surface area contributed by atoms with E-state index in [0.29, 0.717) is 6.42 Å². The first-order valence-corrected chi connectivity index (χ1v) is 6.34. The van der Waals surface area contributed by atoms with Crippen molar-refractivity contribution in [3.8, 4) is 0 Å². The summed E-state index contributed by atoms with van der Waals surface area (Å²) in [5.41, 5.74) is 2.43. The molecule has 0 atom stereocenters. The molecule has 0 saturated heterocycles. The molecule has 19 heavy (non-hydrogen) atoms. The fourth-order valence-electron chi connectivity index (χ4n) is 1.60. The van der Waals surface area contributed by atoms with E-state index in [9.17, 15) is 9.59 Å². The second-order valence-corrected chi connectivity index (χ2v) is 4.40. The molecule has 0 aliphatic rings. The quantitative estimate of drug-likeness (QED) is 0.773. The number of hydrogen-bond acceptors (Lipinski definition) is 2. The number of nitrogens with one attached hydrogen (secondary N) is 1. The zero-order valence-corrected chi connectivity index (χ0v) is 11.3. The Balaban J connectivity index is 2.79. The molecule has 0 aromatic heterocycles. The molecule has 0 radical (unpaired) electrons. The smallest absolute Gasteiger partial charge is 0.328 e. The molecule has 1 rings (SSSR count). The topological polar surface area (TPSA) is 66.4 Å². The molecule has 0 aliphatic carbocycles. The Morgan fingerprint density at radius 1 is 1.37 bits per heavy atom. The molecular weight excluding hydrogens is 242 g/mol. The summed E-state index contributed by atoms with van der Waals surface area (Å²) in [5, 5.41) is 11.4. The van der Waals surface area contributed by atoms with E-state index >= 15 is 0 Å². The van der Waals surface area contributed by atoms with Crippen LogP contribution in [0.2, 0.25) is 0 Å². The van der Waals surface area contributed by atoms with E-state index in [1.807, 2.05) is 26.0 Å². The highest BCUT2D eigenvalue weighted by molar-refractivity contribution is 5.92. The third-order valence-corrected chi connectivity index (χ3v) is 2.71. The van der Waals surface area contributed by atoms with Crippen molar-refractivity contribution in [1.29, 1.82) is 0 Å². The van der Waals surface area contributed by atoms with E-state index in [-0.39, 0.29) is 5.91 Å². The summed E-state index contributed by atoms with van der Waals surface area (Å²) >= 11 is 0. The molecule has 0 heterocycles. The molecule has 4 heteroatoms. The fraction of sp³-hybridized carbons (Fsp3) is 0.333. The highest BCUT2D eigenvalue weighted by Crippen LogP contribution is 2.18. The van der Waals surface area contributed by atoms with E-state index in [1.165, 1.54) is 6.08 Å². The third-order valence-electron chi connectivity index (χ3n) is 2.71. The molecule has 0 spiro atoms. The van der Waals surface area contributed by atoms with Gasteiger partial charge in [-0.15, -0.1) is 0 Å². The number of amides is 1. The molecule has 2 N–H and O–H groups in total. The maximum atomic E-state index is 11.7. The minimum absolute atomic E-state index is 0.00989. The summed E-state index contributed by atoms with van der Waals surface area (Å²) in [6.45, 7) is 3.94. The molecule has 1 aromatic rings. The van der Waals surface area contributed by atoms with Gasteiger partial charge in [-0.1, -0.05) is 25.5 Å². The molecule has 1 aromatic carbocycles. The fourth-order valence-corrected chi connectivity index (χ4v) is 1.60. The molecule has 102 valence electrons. The van der Waals surface area contributed by atoms with Crippen molar-refractivity contribution in [3.63, 3.8) is 0 Å². The van der Waals surface area contributed by atoms with Crippen LogP contribution in [0.4, 0.5) is 5.69 Å². The summed E-state index contributed by atoms with van der Waals surface area (Å²) in [7, 11) is 0. The molecule has 0 fully saturated rings. The average Bonchev–Trinajstić information content (AvgIpc) is 2.37. The van der Waals surface area contributed by atoms with Crippen LogP contribution < -0.4 is 5.32 Å². The number of unbranched alkanes of at least 4 members (excludes halogenated alkanes) is 1. The Morgan fingerprint density at radius 3 is 2.74 bits per heavy atom. The second-order valence-electron chi connectivity index (χ2n) is 4.40. The van der Waals surface area contributed by atoms with Gasteiger partial charge < -0.3 is 10.4 Å².